The van der Waals surface area contributed by atoms with Gasteiger partial charge in [0.1, 0.15) is 6.61 Å². The van der Waals surface area contributed by atoms with Gasteiger partial charge in [0.2, 0.25) is 0 Å². The van der Waals surface area contributed by atoms with Gasteiger partial charge in [-0.3, -0.25) is 0 Å². The van der Waals surface area contributed by atoms with Gasteiger partial charge < -0.3 is 14.6 Å². The molecular formula is C12H14O3. The molecule has 3 nitrogen and oxygen atoms in total. The minimum absolute atomic E-state index is 0.0964. The van der Waals surface area contributed by atoms with Crippen LogP contribution in [-0.2, 0) is 6.61 Å². The third-order valence-electron chi connectivity index (χ3n) is 1.83. The highest BCUT2D eigenvalue weighted by Crippen LogP contribution is 2.31. The molecule has 0 atom stereocenters. The quantitative estimate of drug-likeness (QED) is 0.743. The Hall–Kier alpha value is -1.66. The van der Waals surface area contributed by atoms with E-state index in [0.717, 1.165) is 0 Å². The Labute approximate surface area is 89.6 Å². The van der Waals surface area contributed by atoms with Crippen molar-refractivity contribution in [2.75, 3.05) is 13.2 Å². The molecule has 0 aliphatic carbocycles. The van der Waals surface area contributed by atoms with E-state index >= 15 is 0 Å². The van der Waals surface area contributed by atoms with Gasteiger partial charge in [0.15, 0.2) is 11.5 Å². The second kappa shape index (κ2) is 5.94. The van der Waals surface area contributed by atoms with Crippen LogP contribution in [0.15, 0.2) is 18.2 Å². The first-order valence-corrected chi connectivity index (χ1v) is 4.75. The van der Waals surface area contributed by atoms with E-state index < -0.39 is 0 Å². The summed E-state index contributed by atoms with van der Waals surface area (Å²) < 4.78 is 10.7. The zero-order valence-electron chi connectivity index (χ0n) is 8.69. The molecule has 0 saturated heterocycles. The number of hydrogen-bond acceptors (Lipinski definition) is 3. The fraction of sp³-hybridized carbons (Fsp3) is 0.333. The second-order valence-electron chi connectivity index (χ2n) is 2.83. The molecule has 1 N–H and O–H groups in total. The normalized spacial score (nSPS) is 9.40. The molecule has 80 valence electrons. The van der Waals surface area contributed by atoms with Crippen LogP contribution in [0.2, 0.25) is 0 Å². The monoisotopic (exact) mass is 206 g/mol. The van der Waals surface area contributed by atoms with Crippen molar-refractivity contribution in [1.29, 1.82) is 0 Å². The molecule has 0 amide bonds. The number of rotatable bonds is 5. The van der Waals surface area contributed by atoms with Gasteiger partial charge in [-0.25, -0.2) is 0 Å². The van der Waals surface area contributed by atoms with Gasteiger partial charge >= 0.3 is 0 Å². The molecule has 0 bridgehead atoms. The number of benzene rings is 1. The first kappa shape index (κ1) is 11.4. The van der Waals surface area contributed by atoms with Gasteiger partial charge in [-0.1, -0.05) is 18.1 Å². The highest BCUT2D eigenvalue weighted by Gasteiger charge is 2.09. The largest absolute Gasteiger partial charge is 0.490 e. The third-order valence-corrected chi connectivity index (χ3v) is 1.83. The van der Waals surface area contributed by atoms with Crippen molar-refractivity contribution in [2.45, 2.75) is 13.5 Å². The Morgan fingerprint density at radius 1 is 1.40 bits per heavy atom. The van der Waals surface area contributed by atoms with Gasteiger partial charge in [-0.2, -0.15) is 0 Å². The van der Waals surface area contributed by atoms with Crippen molar-refractivity contribution in [3.63, 3.8) is 0 Å². The second-order valence-corrected chi connectivity index (χ2v) is 2.83. The average molecular weight is 206 g/mol. The summed E-state index contributed by atoms with van der Waals surface area (Å²) in [4.78, 5) is 0. The van der Waals surface area contributed by atoms with Crippen LogP contribution in [0.25, 0.3) is 0 Å². The van der Waals surface area contributed by atoms with Gasteiger partial charge in [-0.05, 0) is 13.0 Å². The number of hydrogen-bond donors (Lipinski definition) is 1. The van der Waals surface area contributed by atoms with E-state index in [9.17, 15) is 0 Å². The van der Waals surface area contributed by atoms with Gasteiger partial charge in [-0.15, -0.1) is 6.42 Å². The molecule has 0 unspecified atom stereocenters. The summed E-state index contributed by atoms with van der Waals surface area (Å²) in [7, 11) is 0. The highest BCUT2D eigenvalue weighted by atomic mass is 16.5. The maximum atomic E-state index is 9.12. The van der Waals surface area contributed by atoms with E-state index in [4.69, 9.17) is 21.0 Å². The highest BCUT2D eigenvalue weighted by molar-refractivity contribution is 5.46. The first-order valence-electron chi connectivity index (χ1n) is 4.75. The van der Waals surface area contributed by atoms with Gasteiger partial charge in [0.05, 0.1) is 13.2 Å². The topological polar surface area (TPSA) is 38.7 Å². The van der Waals surface area contributed by atoms with Crippen molar-refractivity contribution in [3.8, 4) is 23.8 Å². The fourth-order valence-corrected chi connectivity index (χ4v) is 1.23. The standard InChI is InChI=1S/C12H14O3/c1-3-8-15-12-10(9-13)6-5-7-11(12)14-4-2/h1,5-7,13H,4,8-9H2,2H3. The zero-order valence-corrected chi connectivity index (χ0v) is 8.69. The molecule has 0 spiro atoms. The molecule has 3 heteroatoms. The molecule has 0 radical (unpaired) electrons. The summed E-state index contributed by atoms with van der Waals surface area (Å²) in [5.41, 5.74) is 0.677. The van der Waals surface area contributed by atoms with E-state index in [-0.39, 0.29) is 13.2 Å². The molecule has 1 aromatic rings. The van der Waals surface area contributed by atoms with Gasteiger partial charge in [0.25, 0.3) is 0 Å². The van der Waals surface area contributed by atoms with Crippen molar-refractivity contribution in [3.05, 3.63) is 23.8 Å². The molecule has 0 saturated carbocycles. The third kappa shape index (κ3) is 2.90. The van der Waals surface area contributed by atoms with Crippen molar-refractivity contribution in [2.24, 2.45) is 0 Å². The Kier molecular flexibility index (Phi) is 4.52. The molecule has 0 aliphatic rings. The van der Waals surface area contributed by atoms with Crippen LogP contribution in [-0.4, -0.2) is 18.3 Å². The maximum absolute atomic E-state index is 9.12. The van der Waals surface area contributed by atoms with Crippen molar-refractivity contribution in [1.82, 2.24) is 0 Å². The number of terminal acetylenes is 1. The maximum Gasteiger partial charge on any atom is 0.168 e. The molecule has 0 aliphatic heterocycles. The predicted octanol–water partition coefficient (Wildman–Crippen LogP) is 1.59. The van der Waals surface area contributed by atoms with E-state index in [1.165, 1.54) is 0 Å². The zero-order chi connectivity index (χ0) is 11.1. The minimum atomic E-state index is -0.0964. The minimum Gasteiger partial charge on any atom is -0.490 e. The van der Waals surface area contributed by atoms with Crippen LogP contribution in [0, 0.1) is 12.3 Å². The Bertz CT molecular complexity index is 352. The van der Waals surface area contributed by atoms with E-state index in [0.29, 0.717) is 23.7 Å². The fourth-order valence-electron chi connectivity index (χ4n) is 1.23. The molecule has 0 aromatic heterocycles. The lowest BCUT2D eigenvalue weighted by Gasteiger charge is -2.13. The molecule has 0 heterocycles. The number of para-hydroxylation sites is 1. The lowest BCUT2D eigenvalue weighted by atomic mass is 10.2. The summed E-state index contributed by atoms with van der Waals surface area (Å²) in [6.45, 7) is 2.50. The molecule has 0 fully saturated rings. The van der Waals surface area contributed by atoms with Crippen LogP contribution in [0.5, 0.6) is 11.5 Å². The summed E-state index contributed by atoms with van der Waals surface area (Å²) in [6, 6.07) is 5.36. The number of ether oxygens (including phenoxy) is 2. The van der Waals surface area contributed by atoms with Crippen LogP contribution in [0.3, 0.4) is 0 Å². The smallest absolute Gasteiger partial charge is 0.168 e. The molecule has 1 aromatic carbocycles. The van der Waals surface area contributed by atoms with Crippen molar-refractivity contribution < 1.29 is 14.6 Å². The molecule has 15 heavy (non-hydrogen) atoms. The summed E-state index contributed by atoms with van der Waals surface area (Å²) in [5, 5.41) is 9.12. The molecular weight excluding hydrogens is 192 g/mol. The average Bonchev–Trinajstić information content (AvgIpc) is 2.27. The predicted molar refractivity (Wildman–Crippen MR) is 57.9 cm³/mol. The van der Waals surface area contributed by atoms with Crippen molar-refractivity contribution >= 4 is 0 Å². The van der Waals surface area contributed by atoms with E-state index in [1.807, 2.05) is 6.92 Å². The van der Waals surface area contributed by atoms with E-state index in [2.05, 4.69) is 5.92 Å². The summed E-state index contributed by atoms with van der Waals surface area (Å²) >= 11 is 0. The Morgan fingerprint density at radius 3 is 2.80 bits per heavy atom. The van der Waals surface area contributed by atoms with Crippen LogP contribution in [0.1, 0.15) is 12.5 Å². The summed E-state index contributed by atoms with van der Waals surface area (Å²) in [5.74, 6) is 3.52. The summed E-state index contributed by atoms with van der Waals surface area (Å²) in [6.07, 6.45) is 5.11. The van der Waals surface area contributed by atoms with Gasteiger partial charge in [0, 0.05) is 5.56 Å². The molecule has 1 rings (SSSR count). The Balaban J connectivity index is 2.98. The van der Waals surface area contributed by atoms with Crippen LogP contribution >= 0.6 is 0 Å². The number of aliphatic hydroxyl groups excluding tert-OH is 1. The number of aliphatic hydroxyl groups is 1. The Morgan fingerprint density at radius 2 is 2.20 bits per heavy atom. The van der Waals surface area contributed by atoms with Crippen LogP contribution < -0.4 is 9.47 Å². The lowest BCUT2D eigenvalue weighted by molar-refractivity contribution is 0.260. The van der Waals surface area contributed by atoms with Crippen LogP contribution in [0.4, 0.5) is 0 Å². The lowest BCUT2D eigenvalue weighted by Crippen LogP contribution is -2.02. The SMILES string of the molecule is C#CCOc1c(CO)cccc1OCC. The first-order chi connectivity index (χ1) is 7.33. The van der Waals surface area contributed by atoms with E-state index in [1.54, 1.807) is 18.2 Å².